The first-order valence-electron chi connectivity index (χ1n) is 13.5. The van der Waals surface area contributed by atoms with E-state index in [2.05, 4.69) is 5.32 Å². The zero-order valence-electron chi connectivity index (χ0n) is 23.1. The first kappa shape index (κ1) is 30.2. The standard InChI is InChI=1S/C30H34ClN3O6S/c1-3-15-32-30(36)26(17-22-9-6-5-7-10-22)33(19-23-11-8-12-24(31)16-23)29(35)20-34(41(37,38)4-2)25-13-14-27-28(18-25)40-21-39-27/h5-14,16,18,26H,3-4,15,17,19-21H2,1-2H3,(H,32,36)/t26-/m1/s1. The molecule has 41 heavy (non-hydrogen) atoms. The summed E-state index contributed by atoms with van der Waals surface area (Å²) >= 11 is 6.25. The van der Waals surface area contributed by atoms with E-state index in [0.717, 1.165) is 16.3 Å². The molecule has 3 aromatic rings. The fraction of sp³-hybridized carbons (Fsp3) is 0.333. The lowest BCUT2D eigenvalue weighted by atomic mass is 10.0. The van der Waals surface area contributed by atoms with Crippen molar-refractivity contribution >= 4 is 39.1 Å². The molecule has 1 aliphatic rings. The van der Waals surface area contributed by atoms with Gasteiger partial charge in [0.1, 0.15) is 12.6 Å². The third-order valence-electron chi connectivity index (χ3n) is 6.69. The number of halogens is 1. The number of carbonyl (C=O) groups excluding carboxylic acids is 2. The van der Waals surface area contributed by atoms with Crippen molar-refractivity contribution in [3.8, 4) is 11.5 Å². The number of ether oxygens (including phenoxy) is 2. The van der Waals surface area contributed by atoms with Gasteiger partial charge in [0.05, 0.1) is 11.4 Å². The van der Waals surface area contributed by atoms with E-state index in [9.17, 15) is 18.0 Å². The van der Waals surface area contributed by atoms with Gasteiger partial charge < -0.3 is 19.7 Å². The van der Waals surface area contributed by atoms with Gasteiger partial charge in [0.15, 0.2) is 11.5 Å². The summed E-state index contributed by atoms with van der Waals surface area (Å²) in [5.74, 6) is -0.200. The van der Waals surface area contributed by atoms with Crippen LogP contribution in [-0.2, 0) is 32.6 Å². The van der Waals surface area contributed by atoms with Gasteiger partial charge in [-0.1, -0.05) is 61.0 Å². The fourth-order valence-electron chi connectivity index (χ4n) is 4.51. The van der Waals surface area contributed by atoms with Gasteiger partial charge in [-0.25, -0.2) is 8.42 Å². The minimum absolute atomic E-state index is 0.0275. The van der Waals surface area contributed by atoms with Crippen LogP contribution in [0, 0.1) is 0 Å². The molecule has 1 N–H and O–H groups in total. The molecule has 0 fully saturated rings. The Morgan fingerprint density at radius 1 is 0.951 bits per heavy atom. The van der Waals surface area contributed by atoms with Crippen molar-refractivity contribution in [3.05, 3.63) is 88.9 Å². The molecule has 11 heteroatoms. The van der Waals surface area contributed by atoms with Crippen molar-refractivity contribution in [2.45, 2.75) is 39.3 Å². The predicted octanol–water partition coefficient (Wildman–Crippen LogP) is 4.39. The van der Waals surface area contributed by atoms with Crippen molar-refractivity contribution in [3.63, 3.8) is 0 Å². The second-order valence-electron chi connectivity index (χ2n) is 9.59. The minimum atomic E-state index is -3.89. The molecule has 0 spiro atoms. The third kappa shape index (κ3) is 7.71. The van der Waals surface area contributed by atoms with Gasteiger partial charge in [-0.15, -0.1) is 0 Å². The maximum Gasteiger partial charge on any atom is 0.244 e. The molecule has 1 heterocycles. The number of nitrogens with zero attached hydrogens (tertiary/aromatic N) is 2. The quantitative estimate of drug-likeness (QED) is 0.312. The topological polar surface area (TPSA) is 105 Å². The molecule has 0 aliphatic carbocycles. The second kappa shape index (κ2) is 13.7. The van der Waals surface area contributed by atoms with Crippen LogP contribution in [0.1, 0.15) is 31.4 Å². The monoisotopic (exact) mass is 599 g/mol. The zero-order chi connectivity index (χ0) is 29.4. The van der Waals surface area contributed by atoms with Crippen molar-refractivity contribution < 1.29 is 27.5 Å². The molecule has 1 aliphatic heterocycles. The Morgan fingerprint density at radius 3 is 2.39 bits per heavy atom. The minimum Gasteiger partial charge on any atom is -0.454 e. The van der Waals surface area contributed by atoms with Crippen LogP contribution < -0.4 is 19.1 Å². The summed E-state index contributed by atoms with van der Waals surface area (Å²) in [6, 6.07) is 20.3. The van der Waals surface area contributed by atoms with Crippen molar-refractivity contribution in [2.24, 2.45) is 0 Å². The number of amides is 2. The van der Waals surface area contributed by atoms with Crippen molar-refractivity contribution in [2.75, 3.05) is 29.9 Å². The highest BCUT2D eigenvalue weighted by Gasteiger charge is 2.34. The lowest BCUT2D eigenvalue weighted by molar-refractivity contribution is -0.140. The number of anilines is 1. The molecule has 218 valence electrons. The molecule has 0 unspecified atom stereocenters. The predicted molar refractivity (Wildman–Crippen MR) is 159 cm³/mol. The van der Waals surface area contributed by atoms with E-state index < -0.39 is 28.5 Å². The molecule has 3 aromatic carbocycles. The molecule has 9 nitrogen and oxygen atoms in total. The van der Waals surface area contributed by atoms with Crippen LogP contribution in [0.4, 0.5) is 5.69 Å². The number of benzene rings is 3. The molecular formula is C30H34ClN3O6S. The Morgan fingerprint density at radius 2 is 1.68 bits per heavy atom. The number of hydrogen-bond acceptors (Lipinski definition) is 6. The van der Waals surface area contributed by atoms with Crippen LogP contribution >= 0.6 is 11.6 Å². The largest absolute Gasteiger partial charge is 0.454 e. The smallest absolute Gasteiger partial charge is 0.244 e. The maximum atomic E-state index is 14.2. The Kier molecular flexibility index (Phi) is 10.1. The van der Waals surface area contributed by atoms with Gasteiger partial charge in [0.2, 0.25) is 28.6 Å². The Labute approximate surface area is 246 Å². The van der Waals surface area contributed by atoms with E-state index in [1.165, 1.54) is 11.8 Å². The van der Waals surface area contributed by atoms with Crippen LogP contribution in [0.15, 0.2) is 72.8 Å². The summed E-state index contributed by atoms with van der Waals surface area (Å²) in [7, 11) is -3.89. The van der Waals surface area contributed by atoms with E-state index in [0.29, 0.717) is 28.6 Å². The van der Waals surface area contributed by atoms with E-state index in [1.807, 2.05) is 43.3 Å². The average Bonchev–Trinajstić information content (AvgIpc) is 3.45. The van der Waals surface area contributed by atoms with E-state index >= 15 is 0 Å². The lowest BCUT2D eigenvalue weighted by Crippen LogP contribution is -2.53. The van der Waals surface area contributed by atoms with Gasteiger partial charge in [-0.2, -0.15) is 0 Å². The first-order chi connectivity index (χ1) is 19.7. The third-order valence-corrected chi connectivity index (χ3v) is 8.66. The maximum absolute atomic E-state index is 14.2. The summed E-state index contributed by atoms with van der Waals surface area (Å²) in [6.45, 7) is 3.47. The molecule has 0 aromatic heterocycles. The summed E-state index contributed by atoms with van der Waals surface area (Å²) in [4.78, 5) is 29.2. The number of rotatable bonds is 13. The lowest BCUT2D eigenvalue weighted by Gasteiger charge is -2.33. The number of fused-ring (bicyclic) bond motifs is 1. The Hall–Kier alpha value is -3.76. The van der Waals surface area contributed by atoms with Crippen LogP contribution in [0.3, 0.4) is 0 Å². The number of nitrogens with one attached hydrogen (secondary N) is 1. The second-order valence-corrected chi connectivity index (χ2v) is 12.2. The average molecular weight is 600 g/mol. The van der Waals surface area contributed by atoms with Crippen LogP contribution in [-0.4, -0.2) is 56.8 Å². The fourth-order valence-corrected chi connectivity index (χ4v) is 5.78. The van der Waals surface area contributed by atoms with Gasteiger partial charge in [-0.05, 0) is 48.7 Å². The summed E-state index contributed by atoms with van der Waals surface area (Å²) in [5.41, 5.74) is 1.84. The van der Waals surface area contributed by atoms with Gasteiger partial charge in [0, 0.05) is 30.6 Å². The number of carbonyl (C=O) groups is 2. The van der Waals surface area contributed by atoms with Crippen LogP contribution in [0.5, 0.6) is 11.5 Å². The van der Waals surface area contributed by atoms with E-state index in [4.69, 9.17) is 21.1 Å². The van der Waals surface area contributed by atoms with Crippen molar-refractivity contribution in [1.82, 2.24) is 10.2 Å². The number of hydrogen-bond donors (Lipinski definition) is 1. The van der Waals surface area contributed by atoms with E-state index in [1.54, 1.807) is 36.4 Å². The van der Waals surface area contributed by atoms with E-state index in [-0.39, 0.29) is 37.1 Å². The van der Waals surface area contributed by atoms with Crippen molar-refractivity contribution in [1.29, 1.82) is 0 Å². The van der Waals surface area contributed by atoms with Gasteiger partial charge in [0.25, 0.3) is 0 Å². The highest BCUT2D eigenvalue weighted by molar-refractivity contribution is 7.92. The first-order valence-corrected chi connectivity index (χ1v) is 15.5. The molecule has 0 saturated heterocycles. The summed E-state index contributed by atoms with van der Waals surface area (Å²) in [6.07, 6.45) is 0.964. The molecule has 1 atom stereocenters. The SMILES string of the molecule is CCCNC(=O)[C@@H](Cc1ccccc1)N(Cc1cccc(Cl)c1)C(=O)CN(c1ccc2c(c1)OCO2)S(=O)(=O)CC. The zero-order valence-corrected chi connectivity index (χ0v) is 24.7. The molecule has 0 radical (unpaired) electrons. The van der Waals surface area contributed by atoms with Gasteiger partial charge in [-0.3, -0.25) is 13.9 Å². The molecular weight excluding hydrogens is 566 g/mol. The normalized spacial score (nSPS) is 13.0. The molecule has 4 rings (SSSR count). The molecule has 0 bridgehead atoms. The Balaban J connectivity index is 1.73. The highest BCUT2D eigenvalue weighted by atomic mass is 35.5. The van der Waals surface area contributed by atoms with Gasteiger partial charge >= 0.3 is 0 Å². The molecule has 2 amide bonds. The Bertz CT molecular complexity index is 1470. The van der Waals surface area contributed by atoms with Crippen LogP contribution in [0.2, 0.25) is 5.02 Å². The summed E-state index contributed by atoms with van der Waals surface area (Å²) in [5, 5.41) is 3.41. The molecule has 0 saturated carbocycles. The highest BCUT2D eigenvalue weighted by Crippen LogP contribution is 2.36. The summed E-state index contributed by atoms with van der Waals surface area (Å²) < 4.78 is 38.4. The van der Waals surface area contributed by atoms with Crippen LogP contribution in [0.25, 0.3) is 0 Å². The number of sulfonamides is 1.